The summed E-state index contributed by atoms with van der Waals surface area (Å²) in [5, 5.41) is 2.62. The summed E-state index contributed by atoms with van der Waals surface area (Å²) in [6, 6.07) is 9.75. The minimum atomic E-state index is -3.26. The molecule has 0 saturated carbocycles. The molecule has 0 aliphatic carbocycles. The van der Waals surface area contributed by atoms with Crippen LogP contribution < -0.4 is 10.0 Å². The number of rotatable bonds is 7. The van der Waals surface area contributed by atoms with Crippen LogP contribution in [0.4, 0.5) is 0 Å². The summed E-state index contributed by atoms with van der Waals surface area (Å²) >= 11 is 0. The number of carbonyl (C=O) groups excluding carboxylic acids is 1. The molecule has 0 fully saturated rings. The van der Waals surface area contributed by atoms with Crippen LogP contribution in [0.1, 0.15) is 24.8 Å². The molecule has 2 N–H and O–H groups in total. The van der Waals surface area contributed by atoms with Gasteiger partial charge < -0.3 is 5.32 Å². The van der Waals surface area contributed by atoms with Crippen molar-refractivity contribution in [3.05, 3.63) is 35.9 Å². The largest absolute Gasteiger partial charge is 0.355 e. The first kappa shape index (κ1) is 15.7. The van der Waals surface area contributed by atoms with Crippen LogP contribution in [0.15, 0.2) is 30.3 Å². The van der Waals surface area contributed by atoms with Gasteiger partial charge in [-0.2, -0.15) is 0 Å². The molecule has 6 heteroatoms. The second kappa shape index (κ2) is 7.25. The van der Waals surface area contributed by atoms with Crippen molar-refractivity contribution in [3.63, 3.8) is 0 Å². The van der Waals surface area contributed by atoms with Crippen molar-refractivity contribution in [2.24, 2.45) is 0 Å². The summed E-state index contributed by atoms with van der Waals surface area (Å²) in [4.78, 5) is 11.7. The van der Waals surface area contributed by atoms with Crippen LogP contribution >= 0.6 is 0 Å². The Morgan fingerprint density at radius 3 is 2.47 bits per heavy atom. The van der Waals surface area contributed by atoms with Gasteiger partial charge >= 0.3 is 0 Å². The monoisotopic (exact) mass is 284 g/mol. The topological polar surface area (TPSA) is 75.3 Å². The fraction of sp³-hybridized carbons (Fsp3) is 0.462. The molecule has 0 heterocycles. The second-order valence-corrected chi connectivity index (χ2v) is 6.43. The quantitative estimate of drug-likeness (QED) is 0.779. The van der Waals surface area contributed by atoms with Crippen molar-refractivity contribution < 1.29 is 13.2 Å². The molecule has 1 aromatic carbocycles. The smallest absolute Gasteiger partial charge is 0.220 e. The molecule has 0 radical (unpaired) electrons. The van der Waals surface area contributed by atoms with Gasteiger partial charge in [-0.15, -0.1) is 0 Å². The van der Waals surface area contributed by atoms with Gasteiger partial charge in [-0.1, -0.05) is 37.3 Å². The zero-order chi connectivity index (χ0) is 14.3. The van der Waals surface area contributed by atoms with Gasteiger partial charge in [-0.05, 0) is 18.5 Å². The average molecular weight is 284 g/mol. The van der Waals surface area contributed by atoms with E-state index in [4.69, 9.17) is 0 Å². The lowest BCUT2D eigenvalue weighted by Gasteiger charge is -2.12. The third-order valence-electron chi connectivity index (χ3n) is 2.86. The molecule has 0 aromatic heterocycles. The molecule has 1 rings (SSSR count). The average Bonchev–Trinajstić information content (AvgIpc) is 2.39. The number of nitrogens with one attached hydrogen (secondary N) is 2. The number of sulfonamides is 1. The van der Waals surface area contributed by atoms with Gasteiger partial charge in [0.15, 0.2) is 0 Å². The highest BCUT2D eigenvalue weighted by Gasteiger charge is 2.12. The van der Waals surface area contributed by atoms with Crippen molar-refractivity contribution in [2.45, 2.75) is 19.3 Å². The molecular formula is C13H20N2O3S. The molecule has 1 amide bonds. The van der Waals surface area contributed by atoms with Crippen molar-refractivity contribution in [1.29, 1.82) is 0 Å². The van der Waals surface area contributed by atoms with Gasteiger partial charge in [0.25, 0.3) is 0 Å². The standard InChI is InChI=1S/C13H20N2O3S/c1-11(12-6-4-3-5-7-12)10-13(16)15-8-9-19(17,18)14-2/h3-7,11,14H,8-10H2,1-2H3,(H,15,16). The van der Waals surface area contributed by atoms with Gasteiger partial charge in [0.1, 0.15) is 0 Å². The Labute approximate surface area is 114 Å². The molecule has 5 nitrogen and oxygen atoms in total. The van der Waals surface area contributed by atoms with E-state index in [1.54, 1.807) is 0 Å². The van der Waals surface area contributed by atoms with E-state index in [2.05, 4.69) is 10.0 Å². The lowest BCUT2D eigenvalue weighted by Crippen LogP contribution is -2.33. The lowest BCUT2D eigenvalue weighted by atomic mass is 9.98. The summed E-state index contributed by atoms with van der Waals surface area (Å²) in [6.45, 7) is 2.10. The molecule has 106 valence electrons. The summed E-state index contributed by atoms with van der Waals surface area (Å²) in [6.07, 6.45) is 0.351. The second-order valence-electron chi connectivity index (χ2n) is 4.39. The molecule has 0 aliphatic heterocycles. The minimum Gasteiger partial charge on any atom is -0.355 e. The minimum absolute atomic E-state index is 0.102. The number of carbonyl (C=O) groups is 1. The van der Waals surface area contributed by atoms with Gasteiger partial charge in [0.05, 0.1) is 5.75 Å². The fourth-order valence-corrected chi connectivity index (χ4v) is 2.25. The van der Waals surface area contributed by atoms with Crippen LogP contribution in [-0.2, 0) is 14.8 Å². The lowest BCUT2D eigenvalue weighted by molar-refractivity contribution is -0.121. The van der Waals surface area contributed by atoms with Gasteiger partial charge in [-0.25, -0.2) is 13.1 Å². The van der Waals surface area contributed by atoms with Crippen LogP contribution in [0.5, 0.6) is 0 Å². The van der Waals surface area contributed by atoms with E-state index in [1.807, 2.05) is 37.3 Å². The molecule has 1 atom stereocenters. The van der Waals surface area contributed by atoms with Crippen molar-refractivity contribution >= 4 is 15.9 Å². The van der Waals surface area contributed by atoms with Gasteiger partial charge in [0.2, 0.25) is 15.9 Å². The van der Waals surface area contributed by atoms with E-state index in [0.29, 0.717) is 6.42 Å². The van der Waals surface area contributed by atoms with E-state index >= 15 is 0 Å². The molecule has 0 saturated heterocycles. The number of benzene rings is 1. The van der Waals surface area contributed by atoms with E-state index in [9.17, 15) is 13.2 Å². The van der Waals surface area contributed by atoms with Crippen molar-refractivity contribution in [2.75, 3.05) is 19.3 Å². The summed E-state index contributed by atoms with van der Waals surface area (Å²) < 4.78 is 24.5. The van der Waals surface area contributed by atoms with Crippen LogP contribution in [0.2, 0.25) is 0 Å². The molecule has 1 unspecified atom stereocenters. The Morgan fingerprint density at radius 1 is 1.26 bits per heavy atom. The molecule has 1 aromatic rings. The van der Waals surface area contributed by atoms with Crippen LogP contribution in [-0.4, -0.2) is 33.7 Å². The Bertz CT molecular complexity index is 500. The van der Waals surface area contributed by atoms with Crippen LogP contribution in [0.3, 0.4) is 0 Å². The summed E-state index contributed by atoms with van der Waals surface area (Å²) in [7, 11) is -1.90. The third-order valence-corrected chi connectivity index (χ3v) is 4.23. The summed E-state index contributed by atoms with van der Waals surface area (Å²) in [5.74, 6) is -0.126. The predicted molar refractivity (Wildman–Crippen MR) is 75.3 cm³/mol. The first-order valence-corrected chi connectivity index (χ1v) is 7.82. The van der Waals surface area contributed by atoms with Gasteiger partial charge in [0, 0.05) is 13.0 Å². The van der Waals surface area contributed by atoms with E-state index in [-0.39, 0.29) is 24.1 Å². The highest BCUT2D eigenvalue weighted by Crippen LogP contribution is 2.17. The first-order valence-electron chi connectivity index (χ1n) is 6.17. The number of amides is 1. The normalized spacial score (nSPS) is 12.9. The third kappa shape index (κ3) is 5.85. The number of hydrogen-bond donors (Lipinski definition) is 2. The van der Waals surface area contributed by atoms with Gasteiger partial charge in [-0.3, -0.25) is 4.79 Å². The Hall–Kier alpha value is -1.40. The molecule has 0 bridgehead atoms. The van der Waals surface area contributed by atoms with Crippen LogP contribution in [0, 0.1) is 0 Å². The SMILES string of the molecule is CNS(=O)(=O)CCNC(=O)CC(C)c1ccccc1. The fourth-order valence-electron chi connectivity index (χ4n) is 1.68. The zero-order valence-corrected chi connectivity index (χ0v) is 12.0. The first-order chi connectivity index (χ1) is 8.94. The maximum absolute atomic E-state index is 11.7. The van der Waals surface area contributed by atoms with E-state index in [0.717, 1.165) is 5.56 Å². The van der Waals surface area contributed by atoms with E-state index in [1.165, 1.54) is 7.05 Å². The molecule has 19 heavy (non-hydrogen) atoms. The highest BCUT2D eigenvalue weighted by molar-refractivity contribution is 7.89. The maximum atomic E-state index is 11.7. The Balaban J connectivity index is 2.36. The zero-order valence-electron chi connectivity index (χ0n) is 11.2. The summed E-state index contributed by atoms with van der Waals surface area (Å²) in [5.41, 5.74) is 1.10. The Morgan fingerprint density at radius 2 is 1.89 bits per heavy atom. The number of hydrogen-bond acceptors (Lipinski definition) is 3. The Kier molecular flexibility index (Phi) is 5.98. The van der Waals surface area contributed by atoms with E-state index < -0.39 is 10.0 Å². The van der Waals surface area contributed by atoms with Crippen LogP contribution in [0.25, 0.3) is 0 Å². The molecule has 0 spiro atoms. The predicted octanol–water partition coefficient (Wildman–Crippen LogP) is 0.846. The molecular weight excluding hydrogens is 264 g/mol. The molecule has 0 aliphatic rings. The maximum Gasteiger partial charge on any atom is 0.220 e. The van der Waals surface area contributed by atoms with Crippen molar-refractivity contribution in [3.8, 4) is 0 Å². The van der Waals surface area contributed by atoms with Crippen molar-refractivity contribution in [1.82, 2.24) is 10.0 Å². The highest BCUT2D eigenvalue weighted by atomic mass is 32.2.